The first-order valence-corrected chi connectivity index (χ1v) is 13.0. The number of rotatable bonds is 7. The molecule has 4 amide bonds. The highest BCUT2D eigenvalue weighted by atomic mass is 127. The van der Waals surface area contributed by atoms with Crippen molar-refractivity contribution in [3.63, 3.8) is 0 Å². The third-order valence-corrected chi connectivity index (χ3v) is 6.78. The molecule has 4 rings (SSSR count). The molecule has 36 heavy (non-hydrogen) atoms. The van der Waals surface area contributed by atoms with Crippen LogP contribution in [0.15, 0.2) is 70.8 Å². The van der Waals surface area contributed by atoms with Crippen LogP contribution >= 0.6 is 50.1 Å². The first-order valence-electron chi connectivity index (χ1n) is 10.8. The van der Waals surface area contributed by atoms with Crippen molar-refractivity contribution >= 4 is 79.7 Å². The van der Waals surface area contributed by atoms with Gasteiger partial charge < -0.3 is 15.4 Å². The molecular formula is C26H20BrClIN3O4. The number of carbonyl (C=O) groups excluding carboxylic acids is 3. The summed E-state index contributed by atoms with van der Waals surface area (Å²) in [4.78, 5) is 38.4. The summed E-state index contributed by atoms with van der Waals surface area (Å²) in [6.07, 6.45) is 1.50. The zero-order valence-electron chi connectivity index (χ0n) is 19.0. The summed E-state index contributed by atoms with van der Waals surface area (Å²) in [5, 5.41) is 5.55. The van der Waals surface area contributed by atoms with Gasteiger partial charge in [0, 0.05) is 9.26 Å². The molecule has 1 heterocycles. The summed E-state index contributed by atoms with van der Waals surface area (Å²) >= 11 is 12.1. The molecule has 0 bridgehead atoms. The lowest BCUT2D eigenvalue weighted by atomic mass is 10.1. The van der Waals surface area contributed by atoms with Crippen LogP contribution in [0.2, 0.25) is 5.02 Å². The molecule has 0 saturated carbocycles. The highest BCUT2D eigenvalue weighted by Crippen LogP contribution is 2.36. The second kappa shape index (κ2) is 11.4. The van der Waals surface area contributed by atoms with E-state index < -0.39 is 24.4 Å². The van der Waals surface area contributed by atoms with Crippen LogP contribution in [-0.4, -0.2) is 29.3 Å². The van der Waals surface area contributed by atoms with E-state index in [4.69, 9.17) is 16.3 Å². The molecule has 0 radical (unpaired) electrons. The van der Waals surface area contributed by atoms with Crippen molar-refractivity contribution in [2.75, 3.05) is 11.9 Å². The number of imide groups is 1. The number of halogens is 3. The standard InChI is InChI=1S/C26H20BrClIN3O4/c1-15-3-2-4-19(9-15)30-23(33)13-32-25(34)22(31-26(32)35)12-17-10-20(27)24(21(28)11-17)36-14-16-5-7-18(29)8-6-16/h2-12H,13-14H2,1H3,(H,30,33)(H,31,35)/b22-12+. The van der Waals surface area contributed by atoms with Crippen molar-refractivity contribution in [3.05, 3.63) is 96.1 Å². The van der Waals surface area contributed by atoms with Crippen LogP contribution in [0.1, 0.15) is 16.7 Å². The van der Waals surface area contributed by atoms with E-state index in [1.54, 1.807) is 30.3 Å². The second-order valence-corrected chi connectivity index (χ2v) is 10.5. The number of amides is 4. The van der Waals surface area contributed by atoms with Gasteiger partial charge >= 0.3 is 6.03 Å². The molecule has 0 atom stereocenters. The molecule has 0 spiro atoms. The van der Waals surface area contributed by atoms with Gasteiger partial charge in [0.05, 0.1) is 9.50 Å². The third kappa shape index (κ3) is 6.45. The number of benzene rings is 3. The van der Waals surface area contributed by atoms with Crippen molar-refractivity contribution in [2.45, 2.75) is 13.5 Å². The average molecular weight is 681 g/mol. The largest absolute Gasteiger partial charge is 0.486 e. The number of hydrogen-bond donors (Lipinski definition) is 2. The quantitative estimate of drug-likeness (QED) is 0.179. The van der Waals surface area contributed by atoms with Crippen molar-refractivity contribution < 1.29 is 19.1 Å². The van der Waals surface area contributed by atoms with E-state index in [2.05, 4.69) is 49.2 Å². The van der Waals surface area contributed by atoms with E-state index in [1.807, 2.05) is 37.3 Å². The molecule has 1 aliphatic rings. The van der Waals surface area contributed by atoms with Crippen LogP contribution in [0.4, 0.5) is 10.5 Å². The summed E-state index contributed by atoms with van der Waals surface area (Å²) in [5.41, 5.74) is 3.17. The summed E-state index contributed by atoms with van der Waals surface area (Å²) in [5.74, 6) is -0.620. The molecular weight excluding hydrogens is 661 g/mol. The van der Waals surface area contributed by atoms with Crippen LogP contribution in [0.3, 0.4) is 0 Å². The smallest absolute Gasteiger partial charge is 0.329 e. The minimum atomic E-state index is -0.673. The molecule has 0 unspecified atom stereocenters. The lowest BCUT2D eigenvalue weighted by Gasteiger charge is -2.12. The maximum absolute atomic E-state index is 12.8. The molecule has 1 saturated heterocycles. The fourth-order valence-corrected chi connectivity index (χ4v) is 4.83. The fourth-order valence-electron chi connectivity index (χ4n) is 3.49. The van der Waals surface area contributed by atoms with Crippen LogP contribution in [0.5, 0.6) is 5.75 Å². The zero-order valence-corrected chi connectivity index (χ0v) is 23.5. The minimum absolute atomic E-state index is 0.0406. The van der Waals surface area contributed by atoms with Crippen LogP contribution in [-0.2, 0) is 16.2 Å². The molecule has 7 nitrogen and oxygen atoms in total. The minimum Gasteiger partial charge on any atom is -0.486 e. The van der Waals surface area contributed by atoms with Gasteiger partial charge in [0.15, 0.2) is 5.75 Å². The molecule has 0 aromatic heterocycles. The van der Waals surface area contributed by atoms with Gasteiger partial charge in [-0.1, -0.05) is 35.9 Å². The number of anilines is 1. The van der Waals surface area contributed by atoms with Crippen LogP contribution in [0.25, 0.3) is 6.08 Å². The fraction of sp³-hybridized carbons (Fsp3) is 0.115. The Kier molecular flexibility index (Phi) is 8.32. The lowest BCUT2D eigenvalue weighted by molar-refractivity contribution is -0.127. The number of aryl methyl sites for hydroxylation is 1. The number of hydrogen-bond acceptors (Lipinski definition) is 4. The van der Waals surface area contributed by atoms with Gasteiger partial charge in [-0.2, -0.15) is 0 Å². The summed E-state index contributed by atoms with van der Waals surface area (Å²) in [7, 11) is 0. The maximum Gasteiger partial charge on any atom is 0.329 e. The molecule has 184 valence electrons. The number of nitrogens with zero attached hydrogens (tertiary/aromatic N) is 1. The van der Waals surface area contributed by atoms with E-state index in [9.17, 15) is 14.4 Å². The van der Waals surface area contributed by atoms with E-state index in [1.165, 1.54) is 6.08 Å². The first-order chi connectivity index (χ1) is 17.2. The van der Waals surface area contributed by atoms with Crippen LogP contribution < -0.4 is 15.4 Å². The first kappa shape index (κ1) is 26.2. The molecule has 1 aliphatic heterocycles. The third-order valence-electron chi connectivity index (χ3n) is 5.19. The number of urea groups is 1. The van der Waals surface area contributed by atoms with Gasteiger partial charge in [-0.15, -0.1) is 0 Å². The summed E-state index contributed by atoms with van der Waals surface area (Å²) < 4.78 is 7.61. The van der Waals surface area contributed by atoms with E-state index >= 15 is 0 Å². The van der Waals surface area contributed by atoms with Crippen molar-refractivity contribution in [1.29, 1.82) is 0 Å². The van der Waals surface area contributed by atoms with Gasteiger partial charge in [-0.3, -0.25) is 9.59 Å². The molecule has 0 aliphatic carbocycles. The van der Waals surface area contributed by atoms with Crippen LogP contribution in [0, 0.1) is 10.5 Å². The van der Waals surface area contributed by atoms with E-state index in [0.29, 0.717) is 33.1 Å². The monoisotopic (exact) mass is 679 g/mol. The van der Waals surface area contributed by atoms with Gasteiger partial charge in [0.1, 0.15) is 18.8 Å². The Morgan fingerprint density at radius 3 is 2.61 bits per heavy atom. The Balaban J connectivity index is 1.43. The zero-order chi connectivity index (χ0) is 25.8. The summed E-state index contributed by atoms with van der Waals surface area (Å²) in [6, 6.07) is 17.9. The SMILES string of the molecule is Cc1cccc(NC(=O)CN2C(=O)N/C(=C/c3cc(Cl)c(OCc4ccc(I)cc4)c(Br)c3)C2=O)c1. The highest BCUT2D eigenvalue weighted by molar-refractivity contribution is 14.1. The molecule has 2 N–H and O–H groups in total. The molecule has 10 heteroatoms. The molecule has 3 aromatic carbocycles. The lowest BCUT2D eigenvalue weighted by Crippen LogP contribution is -2.38. The number of carbonyl (C=O) groups is 3. The Morgan fingerprint density at radius 1 is 1.17 bits per heavy atom. The summed E-state index contributed by atoms with van der Waals surface area (Å²) in [6.45, 7) is 1.83. The molecule has 1 fully saturated rings. The normalized spacial score (nSPS) is 14.2. The Morgan fingerprint density at radius 2 is 1.92 bits per heavy atom. The number of ether oxygens (including phenoxy) is 1. The maximum atomic E-state index is 12.8. The Hall–Kier alpha value is -2.89. The van der Waals surface area contributed by atoms with Crippen molar-refractivity contribution in [2.24, 2.45) is 0 Å². The topological polar surface area (TPSA) is 87.7 Å². The predicted octanol–water partition coefficient (Wildman–Crippen LogP) is 6.13. The molecule has 3 aromatic rings. The van der Waals surface area contributed by atoms with Gasteiger partial charge in [-0.25, -0.2) is 9.69 Å². The van der Waals surface area contributed by atoms with E-state index in [-0.39, 0.29) is 5.70 Å². The highest BCUT2D eigenvalue weighted by Gasteiger charge is 2.35. The van der Waals surface area contributed by atoms with Gasteiger partial charge in [0.25, 0.3) is 5.91 Å². The van der Waals surface area contributed by atoms with Gasteiger partial charge in [-0.05, 0) is 105 Å². The predicted molar refractivity (Wildman–Crippen MR) is 151 cm³/mol. The number of nitrogens with one attached hydrogen (secondary N) is 2. The van der Waals surface area contributed by atoms with Crippen molar-refractivity contribution in [1.82, 2.24) is 10.2 Å². The van der Waals surface area contributed by atoms with Crippen molar-refractivity contribution in [3.8, 4) is 5.75 Å². The Bertz CT molecular complexity index is 1350. The average Bonchev–Trinajstić information content (AvgIpc) is 3.07. The Labute approximate surface area is 235 Å². The second-order valence-electron chi connectivity index (χ2n) is 8.03. The van der Waals surface area contributed by atoms with E-state index in [0.717, 1.165) is 19.6 Å². The van der Waals surface area contributed by atoms with Gasteiger partial charge in [0.2, 0.25) is 5.91 Å².